The van der Waals surface area contributed by atoms with Gasteiger partial charge in [-0.05, 0) is 32.4 Å². The maximum absolute atomic E-state index is 10.9. The van der Waals surface area contributed by atoms with Gasteiger partial charge in [-0.3, -0.25) is 0 Å². The van der Waals surface area contributed by atoms with E-state index in [1.165, 1.54) is 6.42 Å². The maximum atomic E-state index is 10.9. The Labute approximate surface area is 98.4 Å². The molecule has 1 aliphatic rings. The lowest BCUT2D eigenvalue weighted by atomic mass is 10.1. The smallest absolute Gasteiger partial charge is 0.210 e. The summed E-state index contributed by atoms with van der Waals surface area (Å²) in [4.78, 5) is 2.18. The first-order valence-corrected chi connectivity index (χ1v) is 7.69. The summed E-state index contributed by atoms with van der Waals surface area (Å²) in [7, 11) is -3.32. The molecule has 1 unspecified atom stereocenters. The van der Waals surface area contributed by atoms with Crippen LogP contribution >= 0.6 is 0 Å². The molecule has 16 heavy (non-hydrogen) atoms. The van der Waals surface area contributed by atoms with Gasteiger partial charge in [-0.1, -0.05) is 6.92 Å². The molecular weight excluding hydrogens is 226 g/mol. The van der Waals surface area contributed by atoms with E-state index in [-0.39, 0.29) is 5.75 Å². The highest BCUT2D eigenvalue weighted by atomic mass is 32.2. The number of nitrogens with one attached hydrogen (secondary N) is 1. The zero-order valence-corrected chi connectivity index (χ0v) is 10.8. The molecule has 1 aliphatic heterocycles. The van der Waals surface area contributed by atoms with Crippen LogP contribution < -0.4 is 10.5 Å². The van der Waals surface area contributed by atoms with Crippen LogP contribution in [0.4, 0.5) is 0 Å². The van der Waals surface area contributed by atoms with E-state index in [1.54, 1.807) is 0 Å². The minimum Gasteiger partial charge on any atom is -0.313 e. The normalized spacial score (nSPS) is 23.5. The Bertz CT molecular complexity index is 292. The summed E-state index contributed by atoms with van der Waals surface area (Å²) in [5.74, 6) is 0.0630. The minimum absolute atomic E-state index is 0.0630. The first-order valence-electron chi connectivity index (χ1n) is 5.97. The first kappa shape index (κ1) is 13.9. The van der Waals surface area contributed by atoms with E-state index in [0.717, 1.165) is 32.5 Å². The molecule has 0 aromatic carbocycles. The Kier molecular flexibility index (Phi) is 5.68. The Morgan fingerprint density at radius 3 is 2.88 bits per heavy atom. The van der Waals surface area contributed by atoms with Gasteiger partial charge in [0.05, 0.1) is 5.75 Å². The van der Waals surface area contributed by atoms with Crippen LogP contribution in [0.5, 0.6) is 0 Å². The fraction of sp³-hybridized carbons (Fsp3) is 1.00. The SMILES string of the molecule is CCCNC1CCCN(CCS(N)(=O)=O)C1. The highest BCUT2D eigenvalue weighted by molar-refractivity contribution is 7.89. The van der Waals surface area contributed by atoms with Crippen molar-refractivity contribution in [3.8, 4) is 0 Å². The van der Waals surface area contributed by atoms with Gasteiger partial charge in [0.2, 0.25) is 10.0 Å². The summed E-state index contributed by atoms with van der Waals surface area (Å²) in [6.07, 6.45) is 3.45. The number of primary sulfonamides is 1. The molecular formula is C10H23N3O2S. The Hall–Kier alpha value is -0.170. The fourth-order valence-electron chi connectivity index (χ4n) is 2.03. The van der Waals surface area contributed by atoms with Crippen molar-refractivity contribution in [2.75, 3.05) is 31.9 Å². The molecule has 3 N–H and O–H groups in total. The van der Waals surface area contributed by atoms with Crippen LogP contribution in [0.25, 0.3) is 0 Å². The lowest BCUT2D eigenvalue weighted by Crippen LogP contribution is -2.47. The van der Waals surface area contributed by atoms with Crippen LogP contribution in [0, 0.1) is 0 Å². The van der Waals surface area contributed by atoms with E-state index in [1.807, 2.05) is 0 Å². The summed E-state index contributed by atoms with van der Waals surface area (Å²) in [6.45, 7) is 5.67. The Balaban J connectivity index is 2.27. The van der Waals surface area contributed by atoms with Crippen molar-refractivity contribution in [3.05, 3.63) is 0 Å². The molecule has 1 saturated heterocycles. The molecule has 0 aromatic heterocycles. The van der Waals surface area contributed by atoms with Gasteiger partial charge >= 0.3 is 0 Å². The van der Waals surface area contributed by atoms with Crippen molar-refractivity contribution in [3.63, 3.8) is 0 Å². The number of sulfonamides is 1. The second-order valence-corrected chi connectivity index (χ2v) is 6.19. The standard InChI is InChI=1S/C10H23N3O2S/c1-2-5-12-10-4-3-6-13(9-10)7-8-16(11,14)15/h10,12H,2-9H2,1H3,(H2,11,14,15). The van der Waals surface area contributed by atoms with Crippen LogP contribution in [0.15, 0.2) is 0 Å². The van der Waals surface area contributed by atoms with Crippen molar-refractivity contribution >= 4 is 10.0 Å². The number of piperidine rings is 1. The molecule has 0 bridgehead atoms. The number of hydrogen-bond donors (Lipinski definition) is 2. The third-order valence-corrected chi connectivity index (χ3v) is 3.63. The molecule has 0 saturated carbocycles. The van der Waals surface area contributed by atoms with Crippen LogP contribution in [0.1, 0.15) is 26.2 Å². The highest BCUT2D eigenvalue weighted by Crippen LogP contribution is 2.09. The summed E-state index contributed by atoms with van der Waals surface area (Å²) in [5.41, 5.74) is 0. The van der Waals surface area contributed by atoms with Gasteiger partial charge in [0.1, 0.15) is 0 Å². The number of likely N-dealkylation sites (tertiary alicyclic amines) is 1. The van der Waals surface area contributed by atoms with Gasteiger partial charge < -0.3 is 10.2 Å². The highest BCUT2D eigenvalue weighted by Gasteiger charge is 2.19. The molecule has 1 heterocycles. The van der Waals surface area contributed by atoms with Crippen molar-refractivity contribution in [1.82, 2.24) is 10.2 Å². The average Bonchev–Trinajstić information content (AvgIpc) is 2.23. The van der Waals surface area contributed by atoms with E-state index in [9.17, 15) is 8.42 Å². The molecule has 0 aromatic rings. The molecule has 1 atom stereocenters. The van der Waals surface area contributed by atoms with E-state index in [4.69, 9.17) is 5.14 Å². The lowest BCUT2D eigenvalue weighted by molar-refractivity contribution is 0.200. The molecule has 0 radical (unpaired) electrons. The van der Waals surface area contributed by atoms with Crippen LogP contribution in [0.3, 0.4) is 0 Å². The summed E-state index contributed by atoms with van der Waals surface area (Å²) in [6, 6.07) is 0.508. The second-order valence-electron chi connectivity index (χ2n) is 4.46. The Morgan fingerprint density at radius 2 is 2.25 bits per heavy atom. The molecule has 1 rings (SSSR count). The predicted molar refractivity (Wildman–Crippen MR) is 65.7 cm³/mol. The van der Waals surface area contributed by atoms with Gasteiger partial charge in [0, 0.05) is 19.1 Å². The molecule has 96 valence electrons. The first-order chi connectivity index (χ1) is 7.51. The van der Waals surface area contributed by atoms with Crippen LogP contribution in [0.2, 0.25) is 0 Å². The molecule has 6 heteroatoms. The zero-order chi connectivity index (χ0) is 12.0. The quantitative estimate of drug-likeness (QED) is 0.680. The van der Waals surface area contributed by atoms with Crippen molar-refractivity contribution in [1.29, 1.82) is 0 Å². The zero-order valence-electron chi connectivity index (χ0n) is 9.98. The largest absolute Gasteiger partial charge is 0.313 e. The molecule has 0 aliphatic carbocycles. The van der Waals surface area contributed by atoms with Crippen molar-refractivity contribution in [2.24, 2.45) is 5.14 Å². The molecule has 0 amide bonds. The monoisotopic (exact) mass is 249 g/mol. The maximum Gasteiger partial charge on any atom is 0.210 e. The Morgan fingerprint density at radius 1 is 1.50 bits per heavy atom. The number of rotatable bonds is 6. The van der Waals surface area contributed by atoms with E-state index < -0.39 is 10.0 Å². The average molecular weight is 249 g/mol. The van der Waals surface area contributed by atoms with Gasteiger partial charge in [0.15, 0.2) is 0 Å². The topological polar surface area (TPSA) is 75.4 Å². The number of nitrogens with two attached hydrogens (primary N) is 1. The number of nitrogens with zero attached hydrogens (tertiary/aromatic N) is 1. The van der Waals surface area contributed by atoms with Crippen LogP contribution in [-0.2, 0) is 10.0 Å². The van der Waals surface area contributed by atoms with Crippen molar-refractivity contribution in [2.45, 2.75) is 32.2 Å². The van der Waals surface area contributed by atoms with Gasteiger partial charge in [-0.25, -0.2) is 13.6 Å². The van der Waals surface area contributed by atoms with Gasteiger partial charge in [0.25, 0.3) is 0 Å². The lowest BCUT2D eigenvalue weighted by Gasteiger charge is -2.33. The third-order valence-electron chi connectivity index (χ3n) is 2.88. The number of hydrogen-bond acceptors (Lipinski definition) is 4. The van der Waals surface area contributed by atoms with Gasteiger partial charge in [-0.15, -0.1) is 0 Å². The van der Waals surface area contributed by atoms with E-state index in [2.05, 4.69) is 17.1 Å². The van der Waals surface area contributed by atoms with Crippen molar-refractivity contribution < 1.29 is 8.42 Å². The predicted octanol–water partition coefficient (Wildman–Crippen LogP) is -0.261. The summed E-state index contributed by atoms with van der Waals surface area (Å²) < 4.78 is 21.7. The summed E-state index contributed by atoms with van der Waals surface area (Å²) >= 11 is 0. The second kappa shape index (κ2) is 6.54. The molecule has 0 spiro atoms. The molecule has 5 nitrogen and oxygen atoms in total. The summed E-state index contributed by atoms with van der Waals surface area (Å²) in [5, 5.41) is 8.47. The fourth-order valence-corrected chi connectivity index (χ4v) is 2.54. The van der Waals surface area contributed by atoms with E-state index in [0.29, 0.717) is 12.6 Å². The third kappa shape index (κ3) is 5.79. The van der Waals surface area contributed by atoms with Gasteiger partial charge in [-0.2, -0.15) is 0 Å². The minimum atomic E-state index is -3.32. The molecule has 1 fully saturated rings. The van der Waals surface area contributed by atoms with Crippen LogP contribution in [-0.4, -0.2) is 51.3 Å². The van der Waals surface area contributed by atoms with E-state index >= 15 is 0 Å².